The number of benzene rings is 3. The minimum atomic E-state index is -1.14. The van der Waals surface area contributed by atoms with Crippen LogP contribution in [0.15, 0.2) is 65.5 Å². The minimum Gasteiger partial charge on any atom is -0.483 e. The Morgan fingerprint density at radius 2 is 1.64 bits per heavy atom. The average Bonchev–Trinajstić information content (AvgIpc) is 3.46. The molecule has 56 heavy (non-hydrogen) atoms. The first-order valence-electron chi connectivity index (χ1n) is 18.1. The number of ether oxygens (including phenoxy) is 1. The molecule has 2 fully saturated rings. The summed E-state index contributed by atoms with van der Waals surface area (Å²) in [4.78, 5) is 105. The molecule has 16 nitrogen and oxygen atoms in total. The number of carbonyl (C=O) groups excluding carboxylic acids is 7. The summed E-state index contributed by atoms with van der Waals surface area (Å²) in [5, 5.41) is 12.6. The summed E-state index contributed by atoms with van der Waals surface area (Å²) in [6, 6.07) is 14.5. The van der Waals surface area contributed by atoms with Crippen molar-refractivity contribution in [2.75, 3.05) is 39.3 Å². The number of amides is 7. The molecule has 3 aliphatic rings. The summed E-state index contributed by atoms with van der Waals surface area (Å²) in [5.74, 6) is -4.55. The highest BCUT2D eigenvalue weighted by atomic mass is 19.1. The number of nitrogens with one attached hydrogen (secondary N) is 3. The molecule has 3 N–H and O–H groups in total. The van der Waals surface area contributed by atoms with Crippen LogP contribution >= 0.6 is 0 Å². The first-order valence-corrected chi connectivity index (χ1v) is 18.1. The zero-order valence-electron chi connectivity index (χ0n) is 30.0. The van der Waals surface area contributed by atoms with Gasteiger partial charge in [-0.2, -0.15) is 5.10 Å². The summed E-state index contributed by atoms with van der Waals surface area (Å²) < 4.78 is 20.5. The van der Waals surface area contributed by atoms with Crippen molar-refractivity contribution in [3.63, 3.8) is 0 Å². The second kappa shape index (κ2) is 15.9. The van der Waals surface area contributed by atoms with Crippen LogP contribution in [0.25, 0.3) is 10.8 Å². The molecule has 0 aliphatic carbocycles. The maximum Gasteiger partial charge on any atom is 0.272 e. The fraction of sp³-hybridized carbons (Fsp3) is 0.308. The van der Waals surface area contributed by atoms with Crippen molar-refractivity contribution in [2.24, 2.45) is 0 Å². The van der Waals surface area contributed by atoms with Gasteiger partial charge in [0, 0.05) is 57.4 Å². The minimum absolute atomic E-state index is 0.00248. The van der Waals surface area contributed by atoms with E-state index in [-0.39, 0.29) is 92.3 Å². The van der Waals surface area contributed by atoms with Crippen molar-refractivity contribution >= 4 is 52.1 Å². The zero-order chi connectivity index (χ0) is 39.5. The molecule has 0 radical (unpaired) electrons. The number of halogens is 1. The van der Waals surface area contributed by atoms with Crippen LogP contribution in [0.4, 0.5) is 4.39 Å². The Hall–Kier alpha value is -6.78. The van der Waals surface area contributed by atoms with Crippen LogP contribution < -0.4 is 20.9 Å². The number of rotatable bonds is 11. The van der Waals surface area contributed by atoms with Crippen molar-refractivity contribution in [1.82, 2.24) is 35.5 Å². The Morgan fingerprint density at radius 3 is 2.41 bits per heavy atom. The Kier molecular flexibility index (Phi) is 10.7. The number of fused-ring (bicyclic) bond motifs is 2. The van der Waals surface area contributed by atoms with E-state index >= 15 is 0 Å². The molecule has 2 saturated heterocycles. The number of piperazine rings is 1. The lowest BCUT2D eigenvalue weighted by atomic mass is 10.0. The van der Waals surface area contributed by atoms with E-state index in [4.69, 9.17) is 4.74 Å². The predicted octanol–water partition coefficient (Wildman–Crippen LogP) is 1.31. The molecule has 17 heteroatoms. The van der Waals surface area contributed by atoms with Crippen LogP contribution in [0.1, 0.15) is 68.0 Å². The SMILES string of the molecule is O=C(COc1cccc2c1C(=O)N(C1CCC(=O)NC1=O)C2=O)NCCCC(=O)N1CCN(C(=O)c2cc(Cc3n[nH]c(=O)c4ccccc34)ccc2F)CC1. The number of hydrogen-bond acceptors (Lipinski definition) is 10. The number of hydrogen-bond donors (Lipinski definition) is 3. The summed E-state index contributed by atoms with van der Waals surface area (Å²) in [7, 11) is 0. The third-order valence-corrected chi connectivity index (χ3v) is 10.0. The molecular formula is C39H36FN7O9. The second-order valence-corrected chi connectivity index (χ2v) is 13.6. The highest BCUT2D eigenvalue weighted by molar-refractivity contribution is 6.24. The molecule has 0 spiro atoms. The van der Waals surface area contributed by atoms with Gasteiger partial charge >= 0.3 is 0 Å². The normalized spacial score (nSPS) is 16.9. The summed E-state index contributed by atoms with van der Waals surface area (Å²) in [6.07, 6.45) is 0.684. The number of nitrogens with zero attached hydrogens (tertiary/aromatic N) is 4. The molecule has 1 unspecified atom stereocenters. The van der Waals surface area contributed by atoms with E-state index in [0.717, 1.165) is 4.90 Å². The van der Waals surface area contributed by atoms with Gasteiger partial charge in [0.25, 0.3) is 29.2 Å². The van der Waals surface area contributed by atoms with Crippen LogP contribution in [0.5, 0.6) is 5.75 Å². The molecule has 1 atom stereocenters. The number of piperidine rings is 1. The fourth-order valence-electron chi connectivity index (χ4n) is 7.10. The van der Waals surface area contributed by atoms with Crippen molar-refractivity contribution in [2.45, 2.75) is 38.1 Å². The molecule has 3 aliphatic heterocycles. The predicted molar refractivity (Wildman–Crippen MR) is 195 cm³/mol. The molecule has 3 aromatic carbocycles. The molecule has 7 amide bonds. The van der Waals surface area contributed by atoms with Gasteiger partial charge in [0.1, 0.15) is 17.6 Å². The van der Waals surface area contributed by atoms with Crippen molar-refractivity contribution in [3.8, 4) is 5.75 Å². The van der Waals surface area contributed by atoms with E-state index in [0.29, 0.717) is 28.5 Å². The van der Waals surface area contributed by atoms with Crippen LogP contribution in [-0.2, 0) is 25.6 Å². The Morgan fingerprint density at radius 1 is 0.893 bits per heavy atom. The van der Waals surface area contributed by atoms with E-state index in [2.05, 4.69) is 20.8 Å². The molecule has 4 aromatic rings. The van der Waals surface area contributed by atoms with Crippen molar-refractivity contribution < 1.29 is 42.7 Å². The first-order chi connectivity index (χ1) is 27.0. The van der Waals surface area contributed by atoms with Gasteiger partial charge in [0.2, 0.25) is 17.7 Å². The van der Waals surface area contributed by atoms with Gasteiger partial charge < -0.3 is 19.9 Å². The smallest absolute Gasteiger partial charge is 0.272 e. The molecule has 288 valence electrons. The third-order valence-electron chi connectivity index (χ3n) is 10.0. The van der Waals surface area contributed by atoms with Crippen molar-refractivity contribution in [1.29, 1.82) is 0 Å². The number of imide groups is 2. The van der Waals surface area contributed by atoms with Gasteiger partial charge in [0.15, 0.2) is 6.61 Å². The topological polar surface area (TPSA) is 208 Å². The monoisotopic (exact) mass is 765 g/mol. The van der Waals surface area contributed by atoms with Gasteiger partial charge in [-0.25, -0.2) is 9.49 Å². The van der Waals surface area contributed by atoms with Crippen LogP contribution in [0.3, 0.4) is 0 Å². The largest absolute Gasteiger partial charge is 0.483 e. The zero-order valence-corrected chi connectivity index (χ0v) is 30.0. The highest BCUT2D eigenvalue weighted by Crippen LogP contribution is 2.33. The number of H-pyrrole nitrogens is 1. The van der Waals surface area contributed by atoms with Crippen LogP contribution in [0.2, 0.25) is 0 Å². The Balaban J connectivity index is 0.852. The maximum atomic E-state index is 14.9. The molecule has 4 heterocycles. The summed E-state index contributed by atoms with van der Waals surface area (Å²) in [5.41, 5.74) is 0.756. The lowest BCUT2D eigenvalue weighted by molar-refractivity contribution is -0.136. The standard InChI is InChI=1S/C39H36FN7O9/c40-27-11-10-22(20-28-23-5-1-2-6-24(23)35(51)44-43-28)19-26(27)37(53)46-17-15-45(16-18-46)33(50)9-4-14-41-32(49)21-56-30-8-3-7-25-34(30)39(55)47(38(25)54)29-12-13-31(48)42-36(29)52/h1-3,5-8,10-11,19,29H,4,9,12-18,20-21H2,(H,41,49)(H,44,51)(H,42,48,52). The lowest BCUT2D eigenvalue weighted by Crippen LogP contribution is -2.54. The quantitative estimate of drug-likeness (QED) is 0.147. The molecule has 1 aromatic heterocycles. The van der Waals surface area contributed by atoms with Crippen LogP contribution in [-0.4, -0.2) is 112 Å². The average molecular weight is 766 g/mol. The second-order valence-electron chi connectivity index (χ2n) is 13.6. The Bertz CT molecular complexity index is 2350. The maximum absolute atomic E-state index is 14.9. The first kappa shape index (κ1) is 37.5. The van der Waals surface area contributed by atoms with Crippen molar-refractivity contribution in [3.05, 3.63) is 105 Å². The molecule has 0 bridgehead atoms. The summed E-state index contributed by atoms with van der Waals surface area (Å²) in [6.45, 7) is 0.588. The molecule has 0 saturated carbocycles. The van der Waals surface area contributed by atoms with Gasteiger partial charge in [-0.3, -0.25) is 48.6 Å². The fourth-order valence-corrected chi connectivity index (χ4v) is 7.10. The van der Waals surface area contributed by atoms with Gasteiger partial charge in [0.05, 0.1) is 27.8 Å². The number of carbonyl (C=O) groups is 7. The van der Waals surface area contributed by atoms with E-state index in [1.807, 2.05) is 0 Å². The number of aromatic nitrogens is 2. The number of aromatic amines is 1. The Labute approximate surface area is 318 Å². The van der Waals surface area contributed by atoms with E-state index in [1.165, 1.54) is 35.2 Å². The van der Waals surface area contributed by atoms with E-state index < -0.39 is 53.9 Å². The highest BCUT2D eigenvalue weighted by Gasteiger charge is 2.46. The molecule has 7 rings (SSSR count). The molecular weight excluding hydrogens is 729 g/mol. The van der Waals surface area contributed by atoms with Gasteiger partial charge in [-0.1, -0.05) is 30.3 Å². The van der Waals surface area contributed by atoms with E-state index in [9.17, 15) is 42.7 Å². The lowest BCUT2D eigenvalue weighted by Gasteiger charge is -2.35. The third kappa shape index (κ3) is 7.60. The van der Waals surface area contributed by atoms with Crippen LogP contribution in [0, 0.1) is 5.82 Å². The summed E-state index contributed by atoms with van der Waals surface area (Å²) >= 11 is 0. The van der Waals surface area contributed by atoms with Gasteiger partial charge in [-0.05, 0) is 48.7 Å². The van der Waals surface area contributed by atoms with Gasteiger partial charge in [-0.15, -0.1) is 0 Å². The van der Waals surface area contributed by atoms with E-state index in [1.54, 1.807) is 35.2 Å².